The molecule has 0 aliphatic carbocycles. The first-order chi connectivity index (χ1) is 20.4. The molecule has 0 saturated carbocycles. The van der Waals surface area contributed by atoms with Crippen LogP contribution in [0.1, 0.15) is 34.1 Å². The van der Waals surface area contributed by atoms with Gasteiger partial charge in [0.1, 0.15) is 6.61 Å². The van der Waals surface area contributed by atoms with E-state index in [-0.39, 0.29) is 5.91 Å². The van der Waals surface area contributed by atoms with Gasteiger partial charge in [0, 0.05) is 21.4 Å². The molecule has 8 heteroatoms. The van der Waals surface area contributed by atoms with Crippen LogP contribution in [0.15, 0.2) is 117 Å². The van der Waals surface area contributed by atoms with Crippen LogP contribution in [-0.4, -0.2) is 23.3 Å². The summed E-state index contributed by atoms with van der Waals surface area (Å²) >= 11 is 7.05. The zero-order valence-electron chi connectivity index (χ0n) is 23.2. The van der Waals surface area contributed by atoms with E-state index in [4.69, 9.17) is 9.47 Å². The zero-order chi connectivity index (χ0) is 29.5. The summed E-state index contributed by atoms with van der Waals surface area (Å²) in [6, 6.07) is 33.6. The van der Waals surface area contributed by atoms with E-state index in [0.29, 0.717) is 30.3 Å². The molecule has 0 bridgehead atoms. The number of carbonyl (C=O) groups is 1. The number of nitrogens with zero attached hydrogens (tertiary/aromatic N) is 2. The smallest absolute Gasteiger partial charge is 0.271 e. The summed E-state index contributed by atoms with van der Waals surface area (Å²) in [5.74, 6) is 0.890. The Balaban J connectivity index is 1.26. The number of hydrogen-bond donors (Lipinski definition) is 1. The lowest BCUT2D eigenvalue weighted by Crippen LogP contribution is -2.17. The average molecular weight is 687 g/mol. The number of carbonyl (C=O) groups excluding carboxylic acids is 1. The Kier molecular flexibility index (Phi) is 9.56. The Labute approximate surface area is 262 Å². The van der Waals surface area contributed by atoms with Crippen molar-refractivity contribution in [2.24, 2.45) is 5.10 Å². The van der Waals surface area contributed by atoms with Gasteiger partial charge in [0.2, 0.25) is 0 Å². The van der Waals surface area contributed by atoms with Crippen molar-refractivity contribution < 1.29 is 14.3 Å². The minimum Gasteiger partial charge on any atom is -0.490 e. The minimum absolute atomic E-state index is 0.302. The van der Waals surface area contributed by atoms with E-state index in [0.717, 1.165) is 42.7 Å². The molecule has 0 atom stereocenters. The van der Waals surface area contributed by atoms with Crippen molar-refractivity contribution in [1.29, 1.82) is 0 Å². The molecule has 0 aliphatic rings. The highest BCUT2D eigenvalue weighted by Gasteiger charge is 2.13. The Morgan fingerprint density at radius 1 is 0.905 bits per heavy atom. The van der Waals surface area contributed by atoms with Crippen LogP contribution in [0, 0.1) is 6.92 Å². The molecule has 1 N–H and O–H groups in total. The molecule has 0 radical (unpaired) electrons. The summed E-state index contributed by atoms with van der Waals surface area (Å²) in [6.45, 7) is 4.85. The van der Waals surface area contributed by atoms with Gasteiger partial charge in [0.05, 0.1) is 23.0 Å². The second kappa shape index (κ2) is 13.7. The zero-order valence-corrected chi connectivity index (χ0v) is 26.4. The normalized spacial score (nSPS) is 11.0. The first-order valence-electron chi connectivity index (χ1n) is 13.4. The van der Waals surface area contributed by atoms with Crippen LogP contribution < -0.4 is 14.9 Å². The van der Waals surface area contributed by atoms with Crippen molar-refractivity contribution in [3.8, 4) is 28.4 Å². The summed E-state index contributed by atoms with van der Waals surface area (Å²) in [6.07, 6.45) is 1.58. The third kappa shape index (κ3) is 7.01. The predicted molar refractivity (Wildman–Crippen MR) is 175 cm³/mol. The number of rotatable bonds is 10. The lowest BCUT2D eigenvalue weighted by molar-refractivity contribution is 0.0955. The molecular formula is C34H29Br2N3O3. The largest absolute Gasteiger partial charge is 0.490 e. The SMILES string of the molecule is CCOc1cc(/C=N/NC(=O)c2ccc(-n3c(C)ccc3-c3ccccc3)cc2)cc(Br)c1OCc1ccc(Br)cc1. The number of benzene rings is 4. The third-order valence-corrected chi connectivity index (χ3v) is 7.66. The predicted octanol–water partition coefficient (Wildman–Crippen LogP) is 8.72. The van der Waals surface area contributed by atoms with E-state index in [1.807, 2.05) is 73.7 Å². The fourth-order valence-corrected chi connectivity index (χ4v) is 5.35. The summed E-state index contributed by atoms with van der Waals surface area (Å²) in [5.41, 5.74) is 9.22. The highest BCUT2D eigenvalue weighted by atomic mass is 79.9. The highest BCUT2D eigenvalue weighted by Crippen LogP contribution is 2.37. The van der Waals surface area contributed by atoms with Gasteiger partial charge in [-0.25, -0.2) is 5.43 Å². The molecule has 42 heavy (non-hydrogen) atoms. The summed E-state index contributed by atoms with van der Waals surface area (Å²) < 4.78 is 15.8. The lowest BCUT2D eigenvalue weighted by Gasteiger charge is -2.15. The molecule has 1 amide bonds. The molecule has 0 spiro atoms. The van der Waals surface area contributed by atoms with E-state index < -0.39 is 0 Å². The molecule has 0 aliphatic heterocycles. The maximum atomic E-state index is 12.8. The van der Waals surface area contributed by atoms with Crippen LogP contribution in [0.3, 0.4) is 0 Å². The Morgan fingerprint density at radius 3 is 2.36 bits per heavy atom. The number of hydrazone groups is 1. The van der Waals surface area contributed by atoms with Gasteiger partial charge in [-0.05, 0) is 107 Å². The van der Waals surface area contributed by atoms with Crippen LogP contribution in [0.5, 0.6) is 11.5 Å². The summed E-state index contributed by atoms with van der Waals surface area (Å²) in [7, 11) is 0. The number of hydrogen-bond acceptors (Lipinski definition) is 4. The van der Waals surface area contributed by atoms with Gasteiger partial charge in [-0.2, -0.15) is 5.10 Å². The summed E-state index contributed by atoms with van der Waals surface area (Å²) in [4.78, 5) is 12.8. The number of halogens is 2. The number of amides is 1. The summed E-state index contributed by atoms with van der Waals surface area (Å²) in [5, 5.41) is 4.18. The number of aryl methyl sites for hydroxylation is 1. The van der Waals surface area contributed by atoms with E-state index >= 15 is 0 Å². The standard InChI is InChI=1S/C34H29Br2N3O3/c1-3-41-32-20-25(19-30(36)33(32)42-22-24-10-14-28(35)15-11-24)21-37-38-34(40)27-12-16-29(17-13-27)39-23(2)9-18-31(39)26-7-5-4-6-8-26/h4-21H,3,22H2,1-2H3,(H,38,40)/b37-21+. The quantitative estimate of drug-likeness (QED) is 0.118. The van der Waals surface area contributed by atoms with E-state index in [9.17, 15) is 4.79 Å². The van der Waals surface area contributed by atoms with Crippen molar-refractivity contribution in [1.82, 2.24) is 9.99 Å². The molecule has 0 fully saturated rings. The van der Waals surface area contributed by atoms with Gasteiger partial charge < -0.3 is 14.0 Å². The maximum Gasteiger partial charge on any atom is 0.271 e. The van der Waals surface area contributed by atoms with Crippen molar-refractivity contribution >= 4 is 44.0 Å². The van der Waals surface area contributed by atoms with E-state index in [1.54, 1.807) is 18.3 Å². The van der Waals surface area contributed by atoms with Crippen LogP contribution in [-0.2, 0) is 6.61 Å². The third-order valence-electron chi connectivity index (χ3n) is 6.54. The lowest BCUT2D eigenvalue weighted by atomic mass is 10.1. The van der Waals surface area contributed by atoms with Crippen LogP contribution in [0.2, 0.25) is 0 Å². The fraction of sp³-hybridized carbons (Fsp3) is 0.118. The molecule has 6 nitrogen and oxygen atoms in total. The van der Waals surface area contributed by atoms with Crippen LogP contribution >= 0.6 is 31.9 Å². The van der Waals surface area contributed by atoms with Gasteiger partial charge in [-0.3, -0.25) is 4.79 Å². The van der Waals surface area contributed by atoms with E-state index in [1.165, 1.54) is 0 Å². The van der Waals surface area contributed by atoms with Gasteiger partial charge in [0.25, 0.3) is 5.91 Å². The highest BCUT2D eigenvalue weighted by molar-refractivity contribution is 9.10. The molecule has 5 rings (SSSR count). The maximum absolute atomic E-state index is 12.8. The Morgan fingerprint density at radius 2 is 1.64 bits per heavy atom. The molecule has 0 unspecified atom stereocenters. The van der Waals surface area contributed by atoms with E-state index in [2.05, 4.69) is 78.1 Å². The van der Waals surface area contributed by atoms with Crippen LogP contribution in [0.25, 0.3) is 16.9 Å². The van der Waals surface area contributed by atoms with Crippen molar-refractivity contribution in [3.05, 3.63) is 134 Å². The van der Waals surface area contributed by atoms with Crippen LogP contribution in [0.4, 0.5) is 0 Å². The molecule has 5 aromatic rings. The Hall–Kier alpha value is -4.14. The Bertz CT molecular complexity index is 1700. The first-order valence-corrected chi connectivity index (χ1v) is 15.0. The van der Waals surface area contributed by atoms with Crippen molar-refractivity contribution in [3.63, 3.8) is 0 Å². The average Bonchev–Trinajstić information content (AvgIpc) is 3.39. The molecule has 0 saturated heterocycles. The molecule has 1 heterocycles. The number of aromatic nitrogens is 1. The molecule has 1 aromatic heterocycles. The number of ether oxygens (including phenoxy) is 2. The van der Waals surface area contributed by atoms with Crippen molar-refractivity contribution in [2.45, 2.75) is 20.5 Å². The van der Waals surface area contributed by atoms with Crippen molar-refractivity contribution in [2.75, 3.05) is 6.61 Å². The molecule has 212 valence electrons. The van der Waals surface area contributed by atoms with Gasteiger partial charge in [-0.15, -0.1) is 0 Å². The fourth-order valence-electron chi connectivity index (χ4n) is 4.51. The van der Waals surface area contributed by atoms with Gasteiger partial charge >= 0.3 is 0 Å². The van der Waals surface area contributed by atoms with Gasteiger partial charge in [0.15, 0.2) is 11.5 Å². The molecular weight excluding hydrogens is 658 g/mol. The minimum atomic E-state index is -0.302. The second-order valence-corrected chi connectivity index (χ2v) is 11.3. The first kappa shape index (κ1) is 29.4. The topological polar surface area (TPSA) is 64.8 Å². The van der Waals surface area contributed by atoms with Gasteiger partial charge in [-0.1, -0.05) is 58.4 Å². The number of nitrogens with one attached hydrogen (secondary N) is 1. The molecule has 4 aromatic carbocycles. The monoisotopic (exact) mass is 685 g/mol. The second-order valence-electron chi connectivity index (χ2n) is 9.49.